The first-order valence-corrected chi connectivity index (χ1v) is 8.98. The lowest BCUT2D eigenvalue weighted by molar-refractivity contribution is -0.134. The molecular weight excluding hydrogens is 262 g/mol. The molecule has 1 atom stereocenters. The van der Waals surface area contributed by atoms with E-state index in [4.69, 9.17) is 9.90 Å². The van der Waals surface area contributed by atoms with Crippen LogP contribution in [0.5, 0.6) is 0 Å². The Labute approximate surface area is 132 Å². The number of hydrogen-bond donors (Lipinski definition) is 1. The van der Waals surface area contributed by atoms with Gasteiger partial charge in [0.05, 0.1) is 0 Å². The molecule has 21 heavy (non-hydrogen) atoms. The van der Waals surface area contributed by atoms with Crippen molar-refractivity contribution in [3.63, 3.8) is 0 Å². The van der Waals surface area contributed by atoms with Crippen molar-refractivity contribution < 1.29 is 9.90 Å². The molecule has 1 heterocycles. The Hall–Kier alpha value is -0.570. The van der Waals surface area contributed by atoms with Crippen LogP contribution >= 0.6 is 0 Å². The van der Waals surface area contributed by atoms with E-state index in [9.17, 15) is 0 Å². The van der Waals surface area contributed by atoms with Crippen LogP contribution in [-0.4, -0.2) is 35.6 Å². The fourth-order valence-electron chi connectivity index (χ4n) is 2.96. The van der Waals surface area contributed by atoms with Crippen LogP contribution < -0.4 is 0 Å². The number of unbranched alkanes of at least 4 members (excludes halogenated alkanes) is 7. The Kier molecular flexibility index (Phi) is 14.0. The number of rotatable bonds is 9. The minimum absolute atomic E-state index is 0.833. The van der Waals surface area contributed by atoms with Gasteiger partial charge in [0.15, 0.2) is 0 Å². The van der Waals surface area contributed by atoms with Gasteiger partial charge in [-0.2, -0.15) is 0 Å². The van der Waals surface area contributed by atoms with Crippen molar-refractivity contribution in [2.45, 2.75) is 85.0 Å². The number of carbonyl (C=O) groups is 1. The summed E-state index contributed by atoms with van der Waals surface area (Å²) >= 11 is 0. The summed E-state index contributed by atoms with van der Waals surface area (Å²) in [6.45, 7) is 9.86. The highest BCUT2D eigenvalue weighted by Crippen LogP contribution is 2.16. The molecule has 0 saturated carbocycles. The number of likely N-dealkylation sites (tertiary alicyclic amines) is 1. The molecule has 1 N–H and O–H groups in total. The van der Waals surface area contributed by atoms with Gasteiger partial charge in [0.25, 0.3) is 5.97 Å². The van der Waals surface area contributed by atoms with Gasteiger partial charge in [0.1, 0.15) is 0 Å². The number of nitrogens with zero attached hydrogens (tertiary/aromatic N) is 1. The zero-order chi connectivity index (χ0) is 15.9. The Morgan fingerprint density at radius 1 is 1.10 bits per heavy atom. The third-order valence-electron chi connectivity index (χ3n) is 4.07. The Morgan fingerprint density at radius 3 is 2.14 bits per heavy atom. The Bertz CT molecular complexity index is 239. The summed E-state index contributed by atoms with van der Waals surface area (Å²) in [6.07, 6.45) is 14.4. The van der Waals surface area contributed by atoms with Gasteiger partial charge in [-0.1, -0.05) is 58.8 Å². The van der Waals surface area contributed by atoms with E-state index < -0.39 is 5.97 Å². The standard InChI is InChI=1S/C16H33N.C2H4O2/c1-3-4-5-6-7-8-9-10-13-17-14-11-12-16(2)15-17;1-2(3)4/h16H,3-15H2,1-2H3;1H3,(H,3,4). The van der Waals surface area contributed by atoms with Gasteiger partial charge < -0.3 is 10.0 Å². The van der Waals surface area contributed by atoms with Gasteiger partial charge in [0.2, 0.25) is 0 Å². The van der Waals surface area contributed by atoms with E-state index in [0.717, 1.165) is 12.8 Å². The van der Waals surface area contributed by atoms with Crippen LogP contribution in [0.15, 0.2) is 0 Å². The zero-order valence-electron chi connectivity index (χ0n) is 14.6. The van der Waals surface area contributed by atoms with E-state index in [1.807, 2.05) is 0 Å². The van der Waals surface area contributed by atoms with E-state index >= 15 is 0 Å². The second kappa shape index (κ2) is 14.4. The monoisotopic (exact) mass is 299 g/mol. The van der Waals surface area contributed by atoms with Crippen molar-refractivity contribution in [1.29, 1.82) is 0 Å². The second-order valence-electron chi connectivity index (χ2n) is 6.54. The molecule has 0 aromatic heterocycles. The maximum absolute atomic E-state index is 9.00. The summed E-state index contributed by atoms with van der Waals surface area (Å²) in [4.78, 5) is 11.7. The van der Waals surface area contributed by atoms with Gasteiger partial charge in [0, 0.05) is 13.5 Å². The Balaban J connectivity index is 0.000000885. The van der Waals surface area contributed by atoms with Gasteiger partial charge in [-0.3, -0.25) is 4.79 Å². The number of carboxylic acid groups (broad SMARTS) is 1. The van der Waals surface area contributed by atoms with Gasteiger partial charge in [-0.25, -0.2) is 0 Å². The maximum Gasteiger partial charge on any atom is 0.300 e. The quantitative estimate of drug-likeness (QED) is 0.612. The first-order valence-electron chi connectivity index (χ1n) is 8.98. The molecule has 0 bridgehead atoms. The smallest absolute Gasteiger partial charge is 0.300 e. The van der Waals surface area contributed by atoms with Crippen molar-refractivity contribution in [1.82, 2.24) is 4.90 Å². The van der Waals surface area contributed by atoms with Gasteiger partial charge in [-0.05, 0) is 38.3 Å². The number of carboxylic acids is 1. The van der Waals surface area contributed by atoms with Crippen LogP contribution in [0.4, 0.5) is 0 Å². The van der Waals surface area contributed by atoms with Crippen molar-refractivity contribution in [2.24, 2.45) is 5.92 Å². The highest BCUT2D eigenvalue weighted by Gasteiger charge is 2.14. The van der Waals surface area contributed by atoms with E-state index in [1.54, 1.807) is 0 Å². The van der Waals surface area contributed by atoms with E-state index in [2.05, 4.69) is 18.7 Å². The lowest BCUT2D eigenvalue weighted by Gasteiger charge is -2.30. The zero-order valence-corrected chi connectivity index (χ0v) is 14.6. The van der Waals surface area contributed by atoms with E-state index in [-0.39, 0.29) is 0 Å². The molecule has 0 aromatic rings. The van der Waals surface area contributed by atoms with Crippen LogP contribution in [-0.2, 0) is 4.79 Å². The summed E-state index contributed by atoms with van der Waals surface area (Å²) in [6, 6.07) is 0. The average Bonchev–Trinajstić information content (AvgIpc) is 2.41. The molecule has 0 aliphatic carbocycles. The number of hydrogen-bond acceptors (Lipinski definition) is 2. The normalized spacial score (nSPS) is 18.9. The molecule has 1 aliphatic heterocycles. The van der Waals surface area contributed by atoms with Crippen LogP contribution in [0.3, 0.4) is 0 Å². The largest absolute Gasteiger partial charge is 0.481 e. The molecule has 1 rings (SSSR count). The average molecular weight is 299 g/mol. The molecule has 1 unspecified atom stereocenters. The first kappa shape index (κ1) is 20.4. The molecule has 126 valence electrons. The number of piperidine rings is 1. The fraction of sp³-hybridized carbons (Fsp3) is 0.944. The van der Waals surface area contributed by atoms with Gasteiger partial charge in [-0.15, -0.1) is 0 Å². The summed E-state index contributed by atoms with van der Waals surface area (Å²) in [5.74, 6) is 0.109. The SMILES string of the molecule is CC(=O)O.CCCCCCCCCCN1CCCC(C)C1. The number of aliphatic carboxylic acids is 1. The molecule has 0 aromatic carbocycles. The molecule has 0 amide bonds. The lowest BCUT2D eigenvalue weighted by atomic mass is 10.00. The minimum Gasteiger partial charge on any atom is -0.481 e. The maximum atomic E-state index is 9.00. The molecule has 1 aliphatic rings. The predicted octanol–water partition coefficient (Wildman–Crippen LogP) is 4.95. The summed E-state index contributed by atoms with van der Waals surface area (Å²) in [7, 11) is 0. The fourth-order valence-corrected chi connectivity index (χ4v) is 2.96. The molecule has 3 heteroatoms. The molecule has 0 radical (unpaired) electrons. The van der Waals surface area contributed by atoms with Crippen molar-refractivity contribution >= 4 is 5.97 Å². The van der Waals surface area contributed by atoms with Crippen molar-refractivity contribution in [2.75, 3.05) is 19.6 Å². The Morgan fingerprint density at radius 2 is 1.62 bits per heavy atom. The van der Waals surface area contributed by atoms with Crippen LogP contribution in [0.25, 0.3) is 0 Å². The van der Waals surface area contributed by atoms with Crippen molar-refractivity contribution in [3.8, 4) is 0 Å². The molecule has 1 saturated heterocycles. The lowest BCUT2D eigenvalue weighted by Crippen LogP contribution is -2.34. The highest BCUT2D eigenvalue weighted by atomic mass is 16.4. The minimum atomic E-state index is -0.833. The van der Waals surface area contributed by atoms with E-state index in [0.29, 0.717) is 0 Å². The van der Waals surface area contributed by atoms with Crippen LogP contribution in [0.1, 0.15) is 85.0 Å². The molecule has 3 nitrogen and oxygen atoms in total. The summed E-state index contributed by atoms with van der Waals surface area (Å²) < 4.78 is 0. The third kappa shape index (κ3) is 15.6. The summed E-state index contributed by atoms with van der Waals surface area (Å²) in [5, 5.41) is 7.42. The molecular formula is C18H37NO2. The second-order valence-corrected chi connectivity index (χ2v) is 6.54. The van der Waals surface area contributed by atoms with Crippen LogP contribution in [0.2, 0.25) is 0 Å². The molecule has 1 fully saturated rings. The van der Waals surface area contributed by atoms with Crippen LogP contribution in [0, 0.1) is 5.92 Å². The molecule has 0 spiro atoms. The van der Waals surface area contributed by atoms with Gasteiger partial charge >= 0.3 is 0 Å². The highest BCUT2D eigenvalue weighted by molar-refractivity contribution is 5.62. The topological polar surface area (TPSA) is 40.5 Å². The third-order valence-corrected chi connectivity index (χ3v) is 4.07. The first-order chi connectivity index (χ1) is 10.1. The van der Waals surface area contributed by atoms with E-state index in [1.165, 1.54) is 83.8 Å². The van der Waals surface area contributed by atoms with Crippen molar-refractivity contribution in [3.05, 3.63) is 0 Å². The predicted molar refractivity (Wildman–Crippen MR) is 90.8 cm³/mol. The summed E-state index contributed by atoms with van der Waals surface area (Å²) in [5.41, 5.74) is 0.